The molecule has 2 aliphatic rings. The number of carbonyl (C=O) groups is 2. The number of halogens is 3. The second-order valence-corrected chi connectivity index (χ2v) is 7.97. The Balaban J connectivity index is 1.37. The van der Waals surface area contributed by atoms with E-state index in [9.17, 15) is 27.6 Å². The van der Waals surface area contributed by atoms with Crippen molar-refractivity contribution < 1.29 is 22.8 Å². The molecule has 2 fully saturated rings. The summed E-state index contributed by atoms with van der Waals surface area (Å²) in [6.07, 6.45) is -1.88. The molecule has 1 atom stereocenters. The van der Waals surface area contributed by atoms with E-state index in [1.807, 2.05) is 0 Å². The molecule has 0 saturated carbocycles. The number of imidazole rings is 1. The number of carbonyl (C=O) groups excluding carboxylic acids is 2. The fraction of sp³-hybridized carbons (Fsp3) is 0.579. The van der Waals surface area contributed by atoms with Crippen molar-refractivity contribution in [1.82, 2.24) is 35.0 Å². The van der Waals surface area contributed by atoms with Crippen molar-refractivity contribution in [2.45, 2.75) is 31.1 Å². The summed E-state index contributed by atoms with van der Waals surface area (Å²) in [4.78, 5) is 46.7. The number of fused-ring (bicyclic) bond motifs is 1. The fourth-order valence-corrected chi connectivity index (χ4v) is 4.25. The van der Waals surface area contributed by atoms with Gasteiger partial charge < -0.3 is 20.4 Å². The number of aromatic amines is 1. The van der Waals surface area contributed by atoms with E-state index < -0.39 is 30.7 Å². The Kier molecular flexibility index (Phi) is 6.09. The van der Waals surface area contributed by atoms with Crippen LogP contribution in [-0.4, -0.2) is 87.8 Å². The minimum Gasteiger partial charge on any atom is -0.330 e. The number of amides is 3. The summed E-state index contributed by atoms with van der Waals surface area (Å²) in [5.41, 5.74) is 0.933. The minimum atomic E-state index is -4.51. The maximum atomic E-state index is 12.8. The Hall–Kier alpha value is -3.09. The molecule has 1 unspecified atom stereocenters. The van der Waals surface area contributed by atoms with E-state index in [1.54, 1.807) is 22.9 Å². The smallest absolute Gasteiger partial charge is 0.330 e. The van der Waals surface area contributed by atoms with Crippen molar-refractivity contribution in [3.8, 4) is 0 Å². The predicted octanol–water partition coefficient (Wildman–Crippen LogP) is 0.434. The summed E-state index contributed by atoms with van der Waals surface area (Å²) in [5.74, 6) is -0.756. The Bertz CT molecular complexity index is 1040. The number of aromatic nitrogens is 3. The van der Waals surface area contributed by atoms with Crippen LogP contribution in [0.3, 0.4) is 0 Å². The molecule has 4 rings (SSSR count). The number of rotatable bonds is 3. The van der Waals surface area contributed by atoms with Crippen LogP contribution in [0.5, 0.6) is 0 Å². The van der Waals surface area contributed by atoms with Gasteiger partial charge >= 0.3 is 17.9 Å². The summed E-state index contributed by atoms with van der Waals surface area (Å²) < 4.78 is 39.9. The lowest BCUT2D eigenvalue weighted by atomic mass is 10.0. The fourth-order valence-electron chi connectivity index (χ4n) is 4.25. The SMILES string of the molecule is O=C(NC1CNCCN(CC(F)(F)F)C1=O)N1CCC(n2c(=O)[nH]c3ncccc32)CC1. The van der Waals surface area contributed by atoms with Gasteiger partial charge in [0.25, 0.3) is 0 Å². The molecule has 32 heavy (non-hydrogen) atoms. The standard InChI is InChI=1S/C19H24F3N7O3/c20-19(21,22)11-28-9-6-23-10-13(16(28)30)25-17(31)27-7-3-12(4-8-27)29-14-2-1-5-24-15(14)26-18(29)32/h1-2,5,12-13,23H,3-4,6-11H2,(H,25,31)(H,24,26,32). The molecule has 2 aliphatic heterocycles. The lowest BCUT2D eigenvalue weighted by Crippen LogP contribution is -2.55. The van der Waals surface area contributed by atoms with Crippen molar-refractivity contribution in [2.24, 2.45) is 0 Å². The summed E-state index contributed by atoms with van der Waals surface area (Å²) in [6, 6.07) is 1.84. The number of nitrogens with zero attached hydrogens (tertiary/aromatic N) is 4. The molecule has 13 heteroatoms. The van der Waals surface area contributed by atoms with Crippen LogP contribution in [0.1, 0.15) is 18.9 Å². The van der Waals surface area contributed by atoms with Crippen LogP contribution in [0.25, 0.3) is 11.2 Å². The van der Waals surface area contributed by atoms with Gasteiger partial charge in [-0.3, -0.25) is 14.3 Å². The zero-order valence-electron chi connectivity index (χ0n) is 17.2. The van der Waals surface area contributed by atoms with Crippen molar-refractivity contribution >= 4 is 23.1 Å². The molecule has 0 aromatic carbocycles. The summed E-state index contributed by atoms with van der Waals surface area (Å²) in [5, 5.41) is 5.46. The van der Waals surface area contributed by atoms with Gasteiger partial charge in [-0.25, -0.2) is 14.6 Å². The van der Waals surface area contributed by atoms with Crippen molar-refractivity contribution in [3.05, 3.63) is 28.8 Å². The summed E-state index contributed by atoms with van der Waals surface area (Å²) >= 11 is 0. The largest absolute Gasteiger partial charge is 0.406 e. The quantitative estimate of drug-likeness (QED) is 0.621. The molecule has 2 saturated heterocycles. The summed E-state index contributed by atoms with van der Waals surface area (Å²) in [6.45, 7) is -0.461. The number of likely N-dealkylation sites (tertiary alicyclic amines) is 1. The molecule has 4 heterocycles. The van der Waals surface area contributed by atoms with Gasteiger partial charge in [-0.1, -0.05) is 0 Å². The molecule has 3 amide bonds. The van der Waals surface area contributed by atoms with Crippen LogP contribution in [-0.2, 0) is 4.79 Å². The van der Waals surface area contributed by atoms with Crippen LogP contribution in [0.15, 0.2) is 23.1 Å². The van der Waals surface area contributed by atoms with Crippen molar-refractivity contribution in [3.63, 3.8) is 0 Å². The van der Waals surface area contributed by atoms with Crippen LogP contribution < -0.4 is 16.3 Å². The van der Waals surface area contributed by atoms with E-state index in [-0.39, 0.29) is 31.4 Å². The maximum absolute atomic E-state index is 12.8. The van der Waals surface area contributed by atoms with Gasteiger partial charge in [-0.2, -0.15) is 13.2 Å². The molecular formula is C19H24F3N7O3. The van der Waals surface area contributed by atoms with E-state index in [0.29, 0.717) is 42.0 Å². The average molecular weight is 455 g/mol. The third-order valence-corrected chi connectivity index (χ3v) is 5.79. The number of H-pyrrole nitrogens is 1. The molecule has 2 aromatic rings. The highest BCUT2D eigenvalue weighted by molar-refractivity contribution is 5.87. The predicted molar refractivity (Wildman–Crippen MR) is 108 cm³/mol. The highest BCUT2D eigenvalue weighted by Crippen LogP contribution is 2.24. The number of piperidine rings is 1. The number of hydrogen-bond acceptors (Lipinski definition) is 5. The van der Waals surface area contributed by atoms with Gasteiger partial charge in [0.15, 0.2) is 5.65 Å². The lowest BCUT2D eigenvalue weighted by molar-refractivity contribution is -0.161. The van der Waals surface area contributed by atoms with E-state index >= 15 is 0 Å². The summed E-state index contributed by atoms with van der Waals surface area (Å²) in [7, 11) is 0. The molecule has 0 aliphatic carbocycles. The Morgan fingerprint density at radius 2 is 1.97 bits per heavy atom. The van der Waals surface area contributed by atoms with Gasteiger partial charge in [-0.15, -0.1) is 0 Å². The molecular weight excluding hydrogens is 431 g/mol. The van der Waals surface area contributed by atoms with Crippen LogP contribution in [0, 0.1) is 0 Å². The number of alkyl halides is 3. The van der Waals surface area contributed by atoms with Gasteiger partial charge in [0, 0.05) is 45.0 Å². The van der Waals surface area contributed by atoms with E-state index in [4.69, 9.17) is 0 Å². The van der Waals surface area contributed by atoms with E-state index in [1.165, 1.54) is 4.90 Å². The number of urea groups is 1. The Morgan fingerprint density at radius 3 is 2.69 bits per heavy atom. The van der Waals surface area contributed by atoms with E-state index in [2.05, 4.69) is 20.6 Å². The Morgan fingerprint density at radius 1 is 1.22 bits per heavy atom. The van der Waals surface area contributed by atoms with Crippen molar-refractivity contribution in [2.75, 3.05) is 39.3 Å². The second kappa shape index (κ2) is 8.81. The first kappa shape index (κ1) is 22.1. The monoisotopic (exact) mass is 455 g/mol. The normalized spacial score (nSPS) is 21.1. The number of hydrogen-bond donors (Lipinski definition) is 3. The van der Waals surface area contributed by atoms with Crippen LogP contribution >= 0.6 is 0 Å². The number of pyridine rings is 1. The highest BCUT2D eigenvalue weighted by atomic mass is 19.4. The first-order chi connectivity index (χ1) is 15.2. The lowest BCUT2D eigenvalue weighted by Gasteiger charge is -2.33. The Labute approximate surface area is 180 Å². The number of nitrogens with one attached hydrogen (secondary N) is 3. The molecule has 0 radical (unpaired) electrons. The first-order valence-corrected chi connectivity index (χ1v) is 10.4. The first-order valence-electron chi connectivity index (χ1n) is 10.4. The zero-order chi connectivity index (χ0) is 22.9. The molecule has 3 N–H and O–H groups in total. The van der Waals surface area contributed by atoms with Crippen LogP contribution in [0.4, 0.5) is 18.0 Å². The second-order valence-electron chi connectivity index (χ2n) is 7.97. The zero-order valence-corrected chi connectivity index (χ0v) is 17.2. The third kappa shape index (κ3) is 4.71. The van der Waals surface area contributed by atoms with Gasteiger partial charge in [-0.05, 0) is 25.0 Å². The topological polar surface area (TPSA) is 115 Å². The van der Waals surface area contributed by atoms with Crippen LogP contribution in [0.2, 0.25) is 0 Å². The van der Waals surface area contributed by atoms with Gasteiger partial charge in [0.1, 0.15) is 12.6 Å². The van der Waals surface area contributed by atoms with Gasteiger partial charge in [0.2, 0.25) is 5.91 Å². The van der Waals surface area contributed by atoms with Gasteiger partial charge in [0.05, 0.1) is 5.52 Å². The molecule has 0 bridgehead atoms. The van der Waals surface area contributed by atoms with E-state index in [0.717, 1.165) is 0 Å². The molecule has 2 aromatic heterocycles. The molecule has 174 valence electrons. The third-order valence-electron chi connectivity index (χ3n) is 5.79. The molecule has 0 spiro atoms. The van der Waals surface area contributed by atoms with Crippen molar-refractivity contribution in [1.29, 1.82) is 0 Å². The molecule has 10 nitrogen and oxygen atoms in total. The maximum Gasteiger partial charge on any atom is 0.406 e. The minimum absolute atomic E-state index is 0.0626. The highest BCUT2D eigenvalue weighted by Gasteiger charge is 2.37. The average Bonchev–Trinajstić information content (AvgIpc) is 3.00.